The summed E-state index contributed by atoms with van der Waals surface area (Å²) in [7, 11) is 1.92. The van der Waals surface area contributed by atoms with Crippen LogP contribution in [-0.4, -0.2) is 41.9 Å². The van der Waals surface area contributed by atoms with Crippen LogP contribution in [0.2, 0.25) is 0 Å². The highest BCUT2D eigenvalue weighted by Gasteiger charge is 2.36. The van der Waals surface area contributed by atoms with Gasteiger partial charge in [0.25, 0.3) is 5.91 Å². The summed E-state index contributed by atoms with van der Waals surface area (Å²) >= 11 is 0. The van der Waals surface area contributed by atoms with Crippen LogP contribution in [0.5, 0.6) is 0 Å². The van der Waals surface area contributed by atoms with E-state index in [1.807, 2.05) is 50.9 Å². The first-order valence-corrected chi connectivity index (χ1v) is 9.77. The number of nitrogens with zero attached hydrogens (tertiary/aromatic N) is 1. The minimum Gasteiger partial charge on any atom is -0.339 e. The number of fused-ring (bicyclic) bond motifs is 2. The molecular weight excluding hydrogens is 362 g/mol. The number of carbonyl (C=O) groups excluding carboxylic acids is 2. The number of nitrogens with one attached hydrogen (secondary N) is 2. The summed E-state index contributed by atoms with van der Waals surface area (Å²) in [5, 5.41) is 6.57. The van der Waals surface area contributed by atoms with E-state index in [4.69, 9.17) is 0 Å². The van der Waals surface area contributed by atoms with Crippen molar-refractivity contribution in [2.75, 3.05) is 12.4 Å². The van der Waals surface area contributed by atoms with Gasteiger partial charge in [-0.25, -0.2) is 0 Å². The maximum atomic E-state index is 12.9. The highest BCUT2D eigenvalue weighted by atomic mass is 35.5. The number of rotatable bonds is 5. The maximum absolute atomic E-state index is 12.9. The van der Waals surface area contributed by atoms with Gasteiger partial charge >= 0.3 is 0 Å². The number of amides is 2. The molecule has 2 aliphatic rings. The molecule has 2 heterocycles. The lowest BCUT2D eigenvalue weighted by atomic mass is 9.97. The summed E-state index contributed by atoms with van der Waals surface area (Å²) in [6, 6.07) is 7.00. The summed E-state index contributed by atoms with van der Waals surface area (Å²) in [5.74, 6) is 0.411. The topological polar surface area (TPSA) is 61.4 Å². The molecule has 2 saturated heterocycles. The fourth-order valence-corrected chi connectivity index (χ4v) is 4.22. The van der Waals surface area contributed by atoms with Crippen molar-refractivity contribution in [3.8, 4) is 0 Å². The molecule has 150 valence electrons. The van der Waals surface area contributed by atoms with Gasteiger partial charge in [0.15, 0.2) is 0 Å². The smallest absolute Gasteiger partial charge is 0.253 e. The third-order valence-electron chi connectivity index (χ3n) is 5.66. The van der Waals surface area contributed by atoms with E-state index in [2.05, 4.69) is 10.6 Å². The molecule has 2 fully saturated rings. The average Bonchev–Trinajstić information content (AvgIpc) is 2.92. The van der Waals surface area contributed by atoms with Crippen LogP contribution >= 0.6 is 12.4 Å². The fraction of sp³-hybridized carbons (Fsp3) is 0.619. The molecule has 0 aliphatic carbocycles. The Bertz CT molecular complexity index is 680. The van der Waals surface area contributed by atoms with E-state index in [1.54, 1.807) is 0 Å². The van der Waals surface area contributed by atoms with Crippen molar-refractivity contribution in [2.45, 2.75) is 71.0 Å². The minimum atomic E-state index is 0. The first-order chi connectivity index (χ1) is 12.3. The van der Waals surface area contributed by atoms with E-state index in [-0.39, 0.29) is 24.2 Å². The molecule has 0 aromatic heterocycles. The van der Waals surface area contributed by atoms with Crippen molar-refractivity contribution in [3.63, 3.8) is 0 Å². The molecule has 5 nitrogen and oxygen atoms in total. The van der Waals surface area contributed by atoms with E-state index in [1.165, 1.54) is 12.8 Å². The van der Waals surface area contributed by atoms with Crippen molar-refractivity contribution >= 4 is 29.9 Å². The van der Waals surface area contributed by atoms with Crippen molar-refractivity contribution < 1.29 is 9.59 Å². The van der Waals surface area contributed by atoms with Gasteiger partial charge in [0, 0.05) is 42.8 Å². The molecule has 6 heteroatoms. The second kappa shape index (κ2) is 9.07. The van der Waals surface area contributed by atoms with Crippen LogP contribution in [0.1, 0.15) is 61.9 Å². The number of carbonyl (C=O) groups is 2. The molecule has 27 heavy (non-hydrogen) atoms. The fourth-order valence-electron chi connectivity index (χ4n) is 4.22. The van der Waals surface area contributed by atoms with Gasteiger partial charge in [-0.2, -0.15) is 0 Å². The van der Waals surface area contributed by atoms with Gasteiger partial charge in [-0.05, 0) is 62.3 Å². The molecule has 1 aromatic rings. The van der Waals surface area contributed by atoms with Crippen LogP contribution in [0.3, 0.4) is 0 Å². The van der Waals surface area contributed by atoms with E-state index >= 15 is 0 Å². The lowest BCUT2D eigenvalue weighted by Crippen LogP contribution is -2.48. The zero-order valence-corrected chi connectivity index (χ0v) is 17.6. The standard InChI is InChI=1S/C21H31N3O2.ClH/c1-13(2)9-20(25)23-19-8-5-15(10-14(19)3)21(26)24(4)18-11-16-6-7-17(12-18)22-16;/h5,8,10,13,16-18,22H,6-7,9,11-12H2,1-4H3,(H,23,25);1H. The monoisotopic (exact) mass is 393 g/mol. The lowest BCUT2D eigenvalue weighted by molar-refractivity contribution is -0.116. The molecule has 2 amide bonds. The van der Waals surface area contributed by atoms with Gasteiger partial charge in [-0.1, -0.05) is 13.8 Å². The van der Waals surface area contributed by atoms with E-state index < -0.39 is 0 Å². The Morgan fingerprint density at radius 1 is 1.22 bits per heavy atom. The van der Waals surface area contributed by atoms with Crippen molar-refractivity contribution in [1.82, 2.24) is 10.2 Å². The third kappa shape index (κ3) is 5.23. The largest absolute Gasteiger partial charge is 0.339 e. The van der Waals surface area contributed by atoms with Crippen LogP contribution in [0.15, 0.2) is 18.2 Å². The van der Waals surface area contributed by atoms with Crippen molar-refractivity contribution in [3.05, 3.63) is 29.3 Å². The van der Waals surface area contributed by atoms with Gasteiger partial charge in [0.1, 0.15) is 0 Å². The molecule has 0 saturated carbocycles. The van der Waals surface area contributed by atoms with Crippen molar-refractivity contribution in [2.24, 2.45) is 5.92 Å². The van der Waals surface area contributed by atoms with Gasteiger partial charge in [-0.15, -0.1) is 12.4 Å². The quantitative estimate of drug-likeness (QED) is 0.800. The normalized spacial score (nSPS) is 23.7. The highest BCUT2D eigenvalue weighted by molar-refractivity contribution is 5.96. The summed E-state index contributed by atoms with van der Waals surface area (Å²) in [4.78, 5) is 26.8. The van der Waals surface area contributed by atoms with Crippen molar-refractivity contribution in [1.29, 1.82) is 0 Å². The summed E-state index contributed by atoms with van der Waals surface area (Å²) in [5.41, 5.74) is 2.40. The molecule has 2 aliphatic heterocycles. The molecule has 2 bridgehead atoms. The van der Waals surface area contributed by atoms with Crippen LogP contribution in [0, 0.1) is 12.8 Å². The number of piperidine rings is 1. The SMILES string of the molecule is Cc1cc(C(=O)N(C)C2CC3CCC(C2)N3)ccc1NC(=O)CC(C)C.Cl. The summed E-state index contributed by atoms with van der Waals surface area (Å²) < 4.78 is 0. The molecule has 2 unspecified atom stereocenters. The molecule has 2 N–H and O–H groups in total. The Kier molecular flexibility index (Phi) is 7.29. The number of anilines is 1. The molecule has 0 spiro atoms. The molecule has 0 radical (unpaired) electrons. The second-order valence-corrected chi connectivity index (χ2v) is 8.35. The van der Waals surface area contributed by atoms with E-state index in [0.717, 1.165) is 24.1 Å². The zero-order chi connectivity index (χ0) is 18.8. The Morgan fingerprint density at radius 3 is 2.41 bits per heavy atom. The number of aryl methyl sites for hydroxylation is 1. The average molecular weight is 394 g/mol. The number of hydrogen-bond donors (Lipinski definition) is 2. The Hall–Kier alpha value is -1.59. The van der Waals surface area contributed by atoms with Gasteiger partial charge in [0.2, 0.25) is 5.91 Å². The number of benzene rings is 1. The minimum absolute atomic E-state index is 0. The number of hydrogen-bond acceptors (Lipinski definition) is 3. The first kappa shape index (κ1) is 21.7. The summed E-state index contributed by atoms with van der Waals surface area (Å²) in [6.45, 7) is 5.99. The molecule has 1 aromatic carbocycles. The van der Waals surface area contributed by atoms with E-state index in [9.17, 15) is 9.59 Å². The van der Waals surface area contributed by atoms with Gasteiger partial charge in [0.05, 0.1) is 0 Å². The van der Waals surface area contributed by atoms with Crippen LogP contribution < -0.4 is 10.6 Å². The molecule has 2 atom stereocenters. The first-order valence-electron chi connectivity index (χ1n) is 9.77. The third-order valence-corrected chi connectivity index (χ3v) is 5.66. The van der Waals surface area contributed by atoms with Crippen LogP contribution in [-0.2, 0) is 4.79 Å². The van der Waals surface area contributed by atoms with E-state index in [0.29, 0.717) is 36.0 Å². The molecule has 3 rings (SSSR count). The van der Waals surface area contributed by atoms with Crippen LogP contribution in [0.4, 0.5) is 5.69 Å². The zero-order valence-electron chi connectivity index (χ0n) is 16.7. The number of halogens is 1. The van der Waals surface area contributed by atoms with Crippen LogP contribution in [0.25, 0.3) is 0 Å². The summed E-state index contributed by atoms with van der Waals surface area (Å²) in [6.07, 6.45) is 5.04. The Balaban J connectivity index is 0.00000261. The Morgan fingerprint density at radius 2 is 1.85 bits per heavy atom. The predicted molar refractivity (Wildman–Crippen MR) is 112 cm³/mol. The van der Waals surface area contributed by atoms with Gasteiger partial charge < -0.3 is 15.5 Å². The molecular formula is C21H32ClN3O2. The lowest BCUT2D eigenvalue weighted by Gasteiger charge is -2.35. The second-order valence-electron chi connectivity index (χ2n) is 8.35. The van der Waals surface area contributed by atoms with Gasteiger partial charge in [-0.3, -0.25) is 9.59 Å². The maximum Gasteiger partial charge on any atom is 0.253 e. The Labute approximate surface area is 168 Å². The predicted octanol–water partition coefficient (Wildman–Crippen LogP) is 3.76. The highest BCUT2D eigenvalue weighted by Crippen LogP contribution is 2.30.